The largest absolute Gasteiger partial charge is 0.343 e. The number of halogens is 2. The molecule has 0 radical (unpaired) electrons. The van der Waals surface area contributed by atoms with Gasteiger partial charge in [-0.1, -0.05) is 29.8 Å². The lowest BCUT2D eigenvalue weighted by Crippen LogP contribution is -1.97. The van der Waals surface area contributed by atoms with Gasteiger partial charge < -0.3 is 4.57 Å². The summed E-state index contributed by atoms with van der Waals surface area (Å²) in [6.45, 7) is 0.688. The highest BCUT2D eigenvalue weighted by molar-refractivity contribution is 6.30. The summed E-state index contributed by atoms with van der Waals surface area (Å²) in [6.07, 6.45) is 1.90. The number of rotatable bonds is 2. The first-order chi connectivity index (χ1) is 8.74. The quantitative estimate of drug-likeness (QED) is 0.639. The van der Waals surface area contributed by atoms with Crippen molar-refractivity contribution in [3.8, 4) is 0 Å². The minimum atomic E-state index is -0.183. The zero-order valence-electron chi connectivity index (χ0n) is 9.61. The number of fused-ring (bicyclic) bond motifs is 1. The van der Waals surface area contributed by atoms with Gasteiger partial charge in [-0.05, 0) is 35.9 Å². The maximum Gasteiger partial charge on any atom is 0.132 e. The zero-order chi connectivity index (χ0) is 12.5. The van der Waals surface area contributed by atoms with Crippen molar-refractivity contribution >= 4 is 22.5 Å². The summed E-state index contributed by atoms with van der Waals surface area (Å²) in [5.74, 6) is -0.183. The van der Waals surface area contributed by atoms with Crippen LogP contribution in [0.15, 0.2) is 54.7 Å². The number of hydrogen-bond acceptors (Lipinski definition) is 0. The van der Waals surface area contributed by atoms with E-state index < -0.39 is 0 Å². The van der Waals surface area contributed by atoms with E-state index in [2.05, 4.69) is 0 Å². The lowest BCUT2D eigenvalue weighted by atomic mass is 10.2. The first-order valence-corrected chi connectivity index (χ1v) is 6.09. The molecule has 0 unspecified atom stereocenters. The molecular weight excluding hydrogens is 249 g/mol. The average molecular weight is 260 g/mol. The molecule has 18 heavy (non-hydrogen) atoms. The summed E-state index contributed by atoms with van der Waals surface area (Å²) in [4.78, 5) is 0. The molecule has 3 aromatic rings. The molecule has 0 fully saturated rings. The van der Waals surface area contributed by atoms with Crippen LogP contribution >= 0.6 is 11.6 Å². The monoisotopic (exact) mass is 259 g/mol. The fourth-order valence-electron chi connectivity index (χ4n) is 2.16. The van der Waals surface area contributed by atoms with E-state index in [-0.39, 0.29) is 5.82 Å². The summed E-state index contributed by atoms with van der Waals surface area (Å²) in [7, 11) is 0. The van der Waals surface area contributed by atoms with Crippen molar-refractivity contribution < 1.29 is 4.39 Å². The molecule has 3 rings (SSSR count). The van der Waals surface area contributed by atoms with Crippen molar-refractivity contribution in [1.29, 1.82) is 0 Å². The Morgan fingerprint density at radius 1 is 1.06 bits per heavy atom. The second-order valence-corrected chi connectivity index (χ2v) is 4.68. The number of benzene rings is 2. The third-order valence-corrected chi connectivity index (χ3v) is 3.24. The normalized spacial score (nSPS) is 11.0. The third kappa shape index (κ3) is 2.00. The van der Waals surface area contributed by atoms with Gasteiger partial charge in [0.25, 0.3) is 0 Å². The van der Waals surface area contributed by atoms with Crippen LogP contribution < -0.4 is 0 Å². The van der Waals surface area contributed by atoms with Crippen LogP contribution in [-0.4, -0.2) is 4.57 Å². The fraction of sp³-hybridized carbons (Fsp3) is 0.0667. The fourth-order valence-corrected chi connectivity index (χ4v) is 2.37. The van der Waals surface area contributed by atoms with Gasteiger partial charge in [-0.2, -0.15) is 0 Å². The van der Waals surface area contributed by atoms with Crippen LogP contribution in [0, 0.1) is 5.82 Å². The molecule has 0 spiro atoms. The van der Waals surface area contributed by atoms with Crippen LogP contribution in [0.4, 0.5) is 4.39 Å². The molecule has 3 heteroatoms. The molecule has 1 aromatic heterocycles. The second-order valence-electron chi connectivity index (χ2n) is 4.25. The van der Waals surface area contributed by atoms with Gasteiger partial charge >= 0.3 is 0 Å². The van der Waals surface area contributed by atoms with E-state index in [0.29, 0.717) is 11.9 Å². The molecular formula is C15H11ClFN. The highest BCUT2D eigenvalue weighted by atomic mass is 35.5. The van der Waals surface area contributed by atoms with Gasteiger partial charge in [0.2, 0.25) is 0 Å². The van der Waals surface area contributed by atoms with Gasteiger partial charge in [0, 0.05) is 23.2 Å². The van der Waals surface area contributed by atoms with Gasteiger partial charge in [-0.15, -0.1) is 0 Å². The van der Waals surface area contributed by atoms with E-state index in [1.54, 1.807) is 12.1 Å². The maximum absolute atomic E-state index is 13.6. The van der Waals surface area contributed by atoms with Crippen molar-refractivity contribution in [2.45, 2.75) is 6.54 Å². The highest BCUT2D eigenvalue weighted by Crippen LogP contribution is 2.20. The summed E-state index contributed by atoms with van der Waals surface area (Å²) < 4.78 is 15.6. The summed E-state index contributed by atoms with van der Waals surface area (Å²) in [6, 6.07) is 14.6. The lowest BCUT2D eigenvalue weighted by Gasteiger charge is -2.06. The molecule has 1 nitrogen and oxygen atoms in total. The Labute approximate surface area is 109 Å². The van der Waals surface area contributed by atoms with Gasteiger partial charge in [0.05, 0.1) is 5.52 Å². The van der Waals surface area contributed by atoms with Crippen molar-refractivity contribution in [3.05, 3.63) is 71.1 Å². The van der Waals surface area contributed by atoms with E-state index >= 15 is 0 Å². The Balaban J connectivity index is 2.03. The highest BCUT2D eigenvalue weighted by Gasteiger charge is 2.05. The molecule has 90 valence electrons. The summed E-state index contributed by atoms with van der Waals surface area (Å²) in [5.41, 5.74) is 2.00. The molecule has 0 aliphatic heterocycles. The van der Waals surface area contributed by atoms with E-state index in [9.17, 15) is 4.39 Å². The van der Waals surface area contributed by atoms with E-state index in [0.717, 1.165) is 16.1 Å². The molecule has 0 atom stereocenters. The van der Waals surface area contributed by atoms with E-state index in [4.69, 9.17) is 11.6 Å². The first-order valence-electron chi connectivity index (χ1n) is 5.72. The maximum atomic E-state index is 13.6. The minimum absolute atomic E-state index is 0.183. The topological polar surface area (TPSA) is 4.93 Å². The van der Waals surface area contributed by atoms with Gasteiger partial charge in [-0.3, -0.25) is 0 Å². The number of hydrogen-bond donors (Lipinski definition) is 0. The SMILES string of the molecule is Fc1cccc2c1ccn2Cc1cccc(Cl)c1. The van der Waals surface area contributed by atoms with Crippen molar-refractivity contribution in [3.63, 3.8) is 0 Å². The van der Waals surface area contributed by atoms with Gasteiger partial charge in [-0.25, -0.2) is 4.39 Å². The van der Waals surface area contributed by atoms with Crippen molar-refractivity contribution in [2.75, 3.05) is 0 Å². The average Bonchev–Trinajstić information content (AvgIpc) is 2.74. The predicted octanol–water partition coefficient (Wildman–Crippen LogP) is 4.48. The Morgan fingerprint density at radius 2 is 1.89 bits per heavy atom. The van der Waals surface area contributed by atoms with E-state index in [1.807, 2.05) is 41.1 Å². The Bertz CT molecular complexity index is 703. The van der Waals surface area contributed by atoms with Crippen LogP contribution in [-0.2, 0) is 6.54 Å². The van der Waals surface area contributed by atoms with Crippen molar-refractivity contribution in [1.82, 2.24) is 4.57 Å². The van der Waals surface area contributed by atoms with Crippen LogP contribution in [0.25, 0.3) is 10.9 Å². The van der Waals surface area contributed by atoms with Crippen LogP contribution in [0.5, 0.6) is 0 Å². The molecule has 1 heterocycles. The summed E-state index contributed by atoms with van der Waals surface area (Å²) >= 11 is 5.96. The molecule has 0 N–H and O–H groups in total. The zero-order valence-corrected chi connectivity index (χ0v) is 10.4. The first kappa shape index (κ1) is 11.3. The molecule has 0 saturated heterocycles. The van der Waals surface area contributed by atoms with Crippen LogP contribution in [0.2, 0.25) is 5.02 Å². The Morgan fingerprint density at radius 3 is 2.72 bits per heavy atom. The van der Waals surface area contributed by atoms with Crippen LogP contribution in [0.1, 0.15) is 5.56 Å². The molecule has 0 saturated carbocycles. The Hall–Kier alpha value is -1.80. The lowest BCUT2D eigenvalue weighted by molar-refractivity contribution is 0.639. The molecule has 0 amide bonds. The number of nitrogens with zero attached hydrogens (tertiary/aromatic N) is 1. The van der Waals surface area contributed by atoms with Gasteiger partial charge in [0.1, 0.15) is 5.82 Å². The molecule has 0 aliphatic carbocycles. The third-order valence-electron chi connectivity index (χ3n) is 3.00. The molecule has 2 aromatic carbocycles. The minimum Gasteiger partial charge on any atom is -0.343 e. The Kier molecular flexibility index (Phi) is 2.80. The van der Waals surface area contributed by atoms with Crippen LogP contribution in [0.3, 0.4) is 0 Å². The second kappa shape index (κ2) is 4.46. The predicted molar refractivity (Wildman–Crippen MR) is 72.5 cm³/mol. The number of aromatic nitrogens is 1. The smallest absolute Gasteiger partial charge is 0.132 e. The summed E-state index contributed by atoms with van der Waals surface area (Å²) in [5, 5.41) is 1.37. The van der Waals surface area contributed by atoms with E-state index in [1.165, 1.54) is 6.07 Å². The van der Waals surface area contributed by atoms with Crippen molar-refractivity contribution in [2.24, 2.45) is 0 Å². The van der Waals surface area contributed by atoms with Gasteiger partial charge in [0.15, 0.2) is 0 Å². The molecule has 0 bridgehead atoms. The standard InChI is InChI=1S/C15H11ClFN/c16-12-4-1-3-11(9-12)10-18-8-7-13-14(17)5-2-6-15(13)18/h1-9H,10H2. The molecule has 0 aliphatic rings.